The summed E-state index contributed by atoms with van der Waals surface area (Å²) < 4.78 is 5.68. The van der Waals surface area contributed by atoms with Crippen LogP contribution in [0.25, 0.3) is 0 Å². The van der Waals surface area contributed by atoms with Gasteiger partial charge in [0.15, 0.2) is 0 Å². The zero-order chi connectivity index (χ0) is 13.5. The smallest absolute Gasteiger partial charge is 0.213 e. The van der Waals surface area contributed by atoms with Crippen LogP contribution >= 0.6 is 0 Å². The molecule has 106 valence electrons. The molecule has 19 heavy (non-hydrogen) atoms. The van der Waals surface area contributed by atoms with Gasteiger partial charge in [-0.3, -0.25) is 0 Å². The summed E-state index contributed by atoms with van der Waals surface area (Å²) in [6.45, 7) is 7.16. The highest BCUT2D eigenvalue weighted by Crippen LogP contribution is 2.29. The summed E-state index contributed by atoms with van der Waals surface area (Å²) in [5.74, 6) is 2.34. The third-order valence-corrected chi connectivity index (χ3v) is 3.68. The molecule has 1 N–H and O–H groups in total. The Morgan fingerprint density at radius 2 is 2.21 bits per heavy atom. The maximum absolute atomic E-state index is 5.68. The van der Waals surface area contributed by atoms with E-state index >= 15 is 0 Å². The van der Waals surface area contributed by atoms with Gasteiger partial charge in [-0.1, -0.05) is 39.2 Å². The average Bonchev–Trinajstić information content (AvgIpc) is 2.34. The molecule has 3 heteroatoms. The van der Waals surface area contributed by atoms with Gasteiger partial charge in [0.25, 0.3) is 0 Å². The monoisotopic (exact) mass is 262 g/mol. The van der Waals surface area contributed by atoms with Gasteiger partial charge in [-0.25, -0.2) is 4.98 Å². The molecule has 1 aromatic heterocycles. The highest BCUT2D eigenvalue weighted by atomic mass is 16.5. The van der Waals surface area contributed by atoms with Crippen LogP contribution in [-0.2, 0) is 6.54 Å². The lowest BCUT2D eigenvalue weighted by molar-refractivity contribution is 0.217. The third kappa shape index (κ3) is 5.19. The zero-order valence-corrected chi connectivity index (χ0v) is 12.2. The minimum atomic E-state index is 0.682. The fraction of sp³-hybridized carbons (Fsp3) is 0.688. The number of aromatic nitrogens is 1. The number of nitrogens with one attached hydrogen (secondary N) is 1. The second kappa shape index (κ2) is 7.49. The molecule has 1 aromatic rings. The van der Waals surface area contributed by atoms with E-state index in [0.29, 0.717) is 5.92 Å². The van der Waals surface area contributed by atoms with E-state index in [-0.39, 0.29) is 0 Å². The van der Waals surface area contributed by atoms with Crippen LogP contribution < -0.4 is 10.1 Å². The molecule has 1 aliphatic rings. The van der Waals surface area contributed by atoms with E-state index in [1.54, 1.807) is 0 Å². The molecule has 1 heterocycles. The van der Waals surface area contributed by atoms with Crippen LogP contribution in [0.15, 0.2) is 18.3 Å². The molecule has 0 saturated heterocycles. The van der Waals surface area contributed by atoms with Crippen molar-refractivity contribution in [1.82, 2.24) is 10.3 Å². The molecule has 0 unspecified atom stereocenters. The molecule has 1 saturated carbocycles. The molecule has 0 bridgehead atoms. The van der Waals surface area contributed by atoms with E-state index in [4.69, 9.17) is 4.74 Å². The van der Waals surface area contributed by atoms with Gasteiger partial charge in [0.05, 0.1) is 6.61 Å². The number of hydrogen-bond donors (Lipinski definition) is 1. The molecule has 1 fully saturated rings. The number of nitrogens with zero attached hydrogens (tertiary/aromatic N) is 1. The van der Waals surface area contributed by atoms with Crippen molar-refractivity contribution in [3.8, 4) is 5.88 Å². The van der Waals surface area contributed by atoms with Crippen molar-refractivity contribution in [2.75, 3.05) is 13.2 Å². The lowest BCUT2D eigenvalue weighted by Gasteiger charge is -2.24. The second-order valence-corrected chi connectivity index (χ2v) is 5.96. The number of rotatable bonds is 8. The molecule has 1 aliphatic carbocycles. The number of ether oxygens (including phenoxy) is 1. The highest BCUT2D eigenvalue weighted by Gasteiger charge is 2.16. The minimum Gasteiger partial charge on any atom is -0.478 e. The van der Waals surface area contributed by atoms with Gasteiger partial charge in [-0.2, -0.15) is 0 Å². The Balaban J connectivity index is 1.65. The van der Waals surface area contributed by atoms with Crippen molar-refractivity contribution in [3.63, 3.8) is 0 Å². The lowest BCUT2D eigenvalue weighted by Crippen LogP contribution is -2.19. The van der Waals surface area contributed by atoms with E-state index < -0.39 is 0 Å². The first kappa shape index (κ1) is 14.3. The average molecular weight is 262 g/mol. The summed E-state index contributed by atoms with van der Waals surface area (Å²) in [7, 11) is 0. The molecular weight excluding hydrogens is 236 g/mol. The van der Waals surface area contributed by atoms with Crippen molar-refractivity contribution in [1.29, 1.82) is 0 Å². The Morgan fingerprint density at radius 3 is 2.79 bits per heavy atom. The summed E-state index contributed by atoms with van der Waals surface area (Å²) in [6, 6.07) is 4.08. The van der Waals surface area contributed by atoms with Crippen LogP contribution in [0, 0.1) is 11.8 Å². The Bertz CT molecular complexity index is 358. The molecule has 0 atom stereocenters. The first-order chi connectivity index (χ1) is 9.24. The Labute approximate surface area is 116 Å². The Morgan fingerprint density at radius 1 is 1.37 bits per heavy atom. The fourth-order valence-electron chi connectivity index (χ4n) is 2.22. The largest absolute Gasteiger partial charge is 0.478 e. The van der Waals surface area contributed by atoms with E-state index in [0.717, 1.165) is 31.5 Å². The first-order valence-electron chi connectivity index (χ1n) is 7.52. The third-order valence-electron chi connectivity index (χ3n) is 3.68. The molecule has 0 aliphatic heterocycles. The molecular formula is C16H26N2O. The lowest BCUT2D eigenvalue weighted by atomic mass is 9.83. The maximum atomic E-state index is 5.68. The molecule has 0 spiro atoms. The van der Waals surface area contributed by atoms with Crippen LogP contribution in [-0.4, -0.2) is 18.1 Å². The summed E-state index contributed by atoms with van der Waals surface area (Å²) in [6.07, 6.45) is 7.26. The van der Waals surface area contributed by atoms with Crippen molar-refractivity contribution in [2.24, 2.45) is 11.8 Å². The molecule has 3 nitrogen and oxygen atoms in total. The Hall–Kier alpha value is -1.09. The van der Waals surface area contributed by atoms with Crippen LogP contribution in [0.2, 0.25) is 0 Å². The standard InChI is InChI=1S/C16H26N2O/c1-13(2)10-17-11-15-6-7-16(18-12-15)19-9-8-14-4-3-5-14/h6-7,12-14,17H,3-5,8-11H2,1-2H3. The minimum absolute atomic E-state index is 0.682. The van der Waals surface area contributed by atoms with Gasteiger partial charge in [-0.05, 0) is 30.4 Å². The van der Waals surface area contributed by atoms with Gasteiger partial charge < -0.3 is 10.1 Å². The normalized spacial score (nSPS) is 15.5. The predicted molar refractivity (Wildman–Crippen MR) is 78.2 cm³/mol. The van der Waals surface area contributed by atoms with Crippen molar-refractivity contribution in [3.05, 3.63) is 23.9 Å². The molecule has 0 radical (unpaired) electrons. The summed E-state index contributed by atoms with van der Waals surface area (Å²) in [5, 5.41) is 3.41. The fourth-order valence-corrected chi connectivity index (χ4v) is 2.22. The zero-order valence-electron chi connectivity index (χ0n) is 12.2. The van der Waals surface area contributed by atoms with Crippen molar-refractivity contribution >= 4 is 0 Å². The predicted octanol–water partition coefficient (Wildman–Crippen LogP) is 3.40. The summed E-state index contributed by atoms with van der Waals surface area (Å²) >= 11 is 0. The molecule has 2 rings (SSSR count). The van der Waals surface area contributed by atoms with E-state index in [2.05, 4.69) is 30.2 Å². The second-order valence-electron chi connectivity index (χ2n) is 5.96. The van der Waals surface area contributed by atoms with Crippen molar-refractivity contribution < 1.29 is 4.74 Å². The first-order valence-corrected chi connectivity index (χ1v) is 7.52. The van der Waals surface area contributed by atoms with E-state index in [1.165, 1.54) is 31.2 Å². The summed E-state index contributed by atoms with van der Waals surface area (Å²) in [5.41, 5.74) is 1.21. The van der Waals surface area contributed by atoms with Gasteiger partial charge in [-0.15, -0.1) is 0 Å². The Kier molecular flexibility index (Phi) is 5.64. The van der Waals surface area contributed by atoms with Gasteiger partial charge >= 0.3 is 0 Å². The van der Waals surface area contributed by atoms with Gasteiger partial charge in [0, 0.05) is 18.8 Å². The molecule has 0 aromatic carbocycles. The van der Waals surface area contributed by atoms with Gasteiger partial charge in [0.2, 0.25) is 5.88 Å². The quantitative estimate of drug-likeness (QED) is 0.779. The van der Waals surface area contributed by atoms with Crippen LogP contribution in [0.5, 0.6) is 5.88 Å². The highest BCUT2D eigenvalue weighted by molar-refractivity contribution is 5.17. The van der Waals surface area contributed by atoms with E-state index in [1.807, 2.05) is 12.3 Å². The van der Waals surface area contributed by atoms with Crippen LogP contribution in [0.1, 0.15) is 45.1 Å². The topological polar surface area (TPSA) is 34.1 Å². The van der Waals surface area contributed by atoms with E-state index in [9.17, 15) is 0 Å². The van der Waals surface area contributed by atoms with Gasteiger partial charge in [0.1, 0.15) is 0 Å². The summed E-state index contributed by atoms with van der Waals surface area (Å²) in [4.78, 5) is 4.35. The maximum Gasteiger partial charge on any atom is 0.213 e. The molecule has 0 amide bonds. The van der Waals surface area contributed by atoms with Crippen molar-refractivity contribution in [2.45, 2.75) is 46.1 Å². The SMILES string of the molecule is CC(C)CNCc1ccc(OCCC2CCC2)nc1. The number of pyridine rings is 1. The number of hydrogen-bond acceptors (Lipinski definition) is 3. The van der Waals surface area contributed by atoms with Crippen LogP contribution in [0.4, 0.5) is 0 Å². The van der Waals surface area contributed by atoms with Crippen LogP contribution in [0.3, 0.4) is 0 Å².